The molecular formula is C31H42N2O3S. The Balaban J connectivity index is 1.28. The maximum atomic E-state index is 13.0. The van der Waals surface area contributed by atoms with Gasteiger partial charge in [-0.1, -0.05) is 57.2 Å². The number of carbonyl (C=O) groups excluding carboxylic acids is 1. The topological polar surface area (TPSA) is 66.5 Å². The van der Waals surface area contributed by atoms with Crippen molar-refractivity contribution in [1.29, 1.82) is 0 Å². The van der Waals surface area contributed by atoms with Gasteiger partial charge in [-0.25, -0.2) is 8.42 Å². The van der Waals surface area contributed by atoms with Gasteiger partial charge in [0.1, 0.15) is 6.54 Å². The molecule has 6 heteroatoms. The Morgan fingerprint density at radius 1 is 0.946 bits per heavy atom. The Morgan fingerprint density at radius 2 is 1.46 bits per heavy atom. The van der Waals surface area contributed by atoms with E-state index in [0.29, 0.717) is 5.69 Å². The van der Waals surface area contributed by atoms with E-state index in [9.17, 15) is 13.2 Å². The van der Waals surface area contributed by atoms with Crippen molar-refractivity contribution in [1.82, 2.24) is 5.32 Å². The van der Waals surface area contributed by atoms with Crippen molar-refractivity contribution in [3.8, 4) is 0 Å². The van der Waals surface area contributed by atoms with Gasteiger partial charge in [0.05, 0.1) is 18.0 Å². The van der Waals surface area contributed by atoms with Crippen LogP contribution < -0.4 is 9.62 Å². The van der Waals surface area contributed by atoms with E-state index in [0.717, 1.165) is 23.3 Å². The number of sulfonamides is 1. The van der Waals surface area contributed by atoms with Gasteiger partial charge in [-0.05, 0) is 103 Å². The summed E-state index contributed by atoms with van der Waals surface area (Å²) in [7, 11) is -3.62. The van der Waals surface area contributed by atoms with Gasteiger partial charge in [-0.3, -0.25) is 9.10 Å². The molecule has 0 heterocycles. The molecule has 1 atom stereocenters. The van der Waals surface area contributed by atoms with Gasteiger partial charge in [0.2, 0.25) is 15.9 Å². The fourth-order valence-electron chi connectivity index (χ4n) is 7.62. The second-order valence-corrected chi connectivity index (χ2v) is 15.1. The first-order valence-corrected chi connectivity index (χ1v) is 15.7. The van der Waals surface area contributed by atoms with Gasteiger partial charge in [0.15, 0.2) is 0 Å². The van der Waals surface area contributed by atoms with Crippen molar-refractivity contribution in [2.75, 3.05) is 17.1 Å². The van der Waals surface area contributed by atoms with Crippen molar-refractivity contribution >= 4 is 21.6 Å². The van der Waals surface area contributed by atoms with Crippen molar-refractivity contribution in [2.24, 2.45) is 17.8 Å². The number of nitrogens with zero attached hydrogens (tertiary/aromatic N) is 1. The van der Waals surface area contributed by atoms with Crippen LogP contribution in [-0.2, 0) is 25.6 Å². The van der Waals surface area contributed by atoms with Crippen molar-refractivity contribution in [3.63, 3.8) is 0 Å². The second-order valence-electron chi connectivity index (χ2n) is 13.2. The first-order chi connectivity index (χ1) is 17.3. The summed E-state index contributed by atoms with van der Waals surface area (Å²) in [5.74, 6) is 2.25. The Labute approximate surface area is 223 Å². The number of amides is 1. The number of hydrogen-bond donors (Lipinski definition) is 1. The number of anilines is 1. The molecule has 5 nitrogen and oxygen atoms in total. The molecule has 1 unspecified atom stereocenters. The summed E-state index contributed by atoms with van der Waals surface area (Å²) >= 11 is 0. The van der Waals surface area contributed by atoms with Crippen LogP contribution in [0.2, 0.25) is 0 Å². The Bertz CT molecular complexity index is 1210. The van der Waals surface area contributed by atoms with Crippen LogP contribution in [0.1, 0.15) is 89.0 Å². The Morgan fingerprint density at radius 3 is 1.92 bits per heavy atom. The number of hydrogen-bond acceptors (Lipinski definition) is 3. The lowest BCUT2D eigenvalue weighted by atomic mass is 9.48. The maximum absolute atomic E-state index is 13.0. The molecule has 4 bridgehead atoms. The standard InChI is InChI=1S/C31H42N2O3S/c1-21(25-6-8-26(9-7-25)30(2,3)4)32-29(34)20-33(37(5,35)36)28-12-10-27(11-13-28)31-17-22-14-23(18-31)16-24(15-22)19-31/h6-13,21-24H,14-20H2,1-5H3,(H,32,34). The molecule has 4 fully saturated rings. The van der Waals surface area contributed by atoms with Crippen molar-refractivity contribution in [3.05, 3.63) is 65.2 Å². The minimum Gasteiger partial charge on any atom is -0.348 e. The van der Waals surface area contributed by atoms with Crippen molar-refractivity contribution < 1.29 is 13.2 Å². The monoisotopic (exact) mass is 522 g/mol. The minimum atomic E-state index is -3.62. The summed E-state index contributed by atoms with van der Waals surface area (Å²) in [4.78, 5) is 13.0. The third kappa shape index (κ3) is 5.45. The van der Waals surface area contributed by atoms with Crippen LogP contribution in [-0.4, -0.2) is 27.1 Å². The SMILES string of the molecule is CC(NC(=O)CN(c1ccc(C23CC4CC(CC(C4)C2)C3)cc1)S(C)(=O)=O)c1ccc(C(C)(C)C)cc1. The van der Waals surface area contributed by atoms with Crippen LogP contribution in [0.25, 0.3) is 0 Å². The molecule has 0 saturated heterocycles. The van der Waals surface area contributed by atoms with E-state index < -0.39 is 10.0 Å². The third-order valence-corrected chi connectivity index (χ3v) is 10.3. The van der Waals surface area contributed by atoms with Crippen molar-refractivity contribution in [2.45, 2.75) is 83.1 Å². The molecular weight excluding hydrogens is 480 g/mol. The Kier molecular flexibility index (Phi) is 6.71. The molecule has 200 valence electrons. The zero-order chi connectivity index (χ0) is 26.6. The van der Waals surface area contributed by atoms with Gasteiger partial charge < -0.3 is 5.32 Å². The largest absolute Gasteiger partial charge is 0.348 e. The molecule has 4 aliphatic rings. The summed E-state index contributed by atoms with van der Waals surface area (Å²) in [6, 6.07) is 16.1. The zero-order valence-corrected chi connectivity index (χ0v) is 23.8. The molecule has 0 spiro atoms. The summed E-state index contributed by atoms with van der Waals surface area (Å²) in [6.07, 6.45) is 9.16. The molecule has 0 aromatic heterocycles. The predicted octanol–water partition coefficient (Wildman–Crippen LogP) is 6.10. The number of carbonyl (C=O) groups is 1. The average molecular weight is 523 g/mol. The van der Waals surface area contributed by atoms with Gasteiger partial charge in [-0.15, -0.1) is 0 Å². The van der Waals surface area contributed by atoms with Gasteiger partial charge >= 0.3 is 0 Å². The molecule has 4 aliphatic carbocycles. The van der Waals surface area contributed by atoms with Gasteiger partial charge in [0, 0.05) is 0 Å². The number of rotatable bonds is 7. The Hall–Kier alpha value is -2.34. The smallest absolute Gasteiger partial charge is 0.241 e. The van der Waals surface area contributed by atoms with E-state index in [1.54, 1.807) is 0 Å². The quantitative estimate of drug-likeness (QED) is 0.478. The molecule has 37 heavy (non-hydrogen) atoms. The predicted molar refractivity (Wildman–Crippen MR) is 150 cm³/mol. The number of benzene rings is 2. The van der Waals surface area contributed by atoms with E-state index in [1.807, 2.05) is 31.2 Å². The highest BCUT2D eigenvalue weighted by Crippen LogP contribution is 2.60. The van der Waals surface area contributed by atoms with Crippen LogP contribution in [0.3, 0.4) is 0 Å². The van der Waals surface area contributed by atoms with Crippen LogP contribution >= 0.6 is 0 Å². The van der Waals surface area contributed by atoms with E-state index in [1.165, 1.54) is 60.2 Å². The van der Waals surface area contributed by atoms with E-state index in [-0.39, 0.29) is 29.3 Å². The molecule has 0 aliphatic heterocycles. The van der Waals surface area contributed by atoms with Gasteiger partial charge in [-0.2, -0.15) is 0 Å². The third-order valence-electron chi connectivity index (χ3n) is 9.15. The summed E-state index contributed by atoms with van der Waals surface area (Å²) in [5.41, 5.74) is 4.45. The summed E-state index contributed by atoms with van der Waals surface area (Å²) in [5, 5.41) is 2.98. The first kappa shape index (κ1) is 26.3. The molecule has 2 aromatic rings. The number of nitrogens with one attached hydrogen (secondary N) is 1. The second kappa shape index (κ2) is 9.44. The lowest BCUT2D eigenvalue weighted by Gasteiger charge is -2.57. The van der Waals surface area contributed by atoms with Gasteiger partial charge in [0.25, 0.3) is 0 Å². The zero-order valence-electron chi connectivity index (χ0n) is 23.0. The van der Waals surface area contributed by atoms with E-state index in [2.05, 4.69) is 50.4 Å². The van der Waals surface area contributed by atoms with E-state index >= 15 is 0 Å². The highest BCUT2D eigenvalue weighted by atomic mass is 32.2. The first-order valence-electron chi connectivity index (χ1n) is 13.8. The molecule has 1 amide bonds. The fourth-order valence-corrected chi connectivity index (χ4v) is 8.47. The summed E-state index contributed by atoms with van der Waals surface area (Å²) < 4.78 is 26.6. The van der Waals surface area contributed by atoms with Crippen LogP contribution in [0.4, 0.5) is 5.69 Å². The minimum absolute atomic E-state index is 0.0617. The summed E-state index contributed by atoms with van der Waals surface area (Å²) in [6.45, 7) is 8.20. The highest BCUT2D eigenvalue weighted by Gasteiger charge is 2.51. The maximum Gasteiger partial charge on any atom is 0.241 e. The lowest BCUT2D eigenvalue weighted by molar-refractivity contribution is -0.120. The fraction of sp³-hybridized carbons (Fsp3) is 0.581. The molecule has 1 N–H and O–H groups in total. The van der Waals surface area contributed by atoms with Crippen LogP contribution in [0.15, 0.2) is 48.5 Å². The lowest BCUT2D eigenvalue weighted by Crippen LogP contribution is -2.48. The van der Waals surface area contributed by atoms with Crippen LogP contribution in [0.5, 0.6) is 0 Å². The average Bonchev–Trinajstić information content (AvgIpc) is 2.80. The van der Waals surface area contributed by atoms with Crippen LogP contribution in [0, 0.1) is 17.8 Å². The normalized spacial score (nSPS) is 27.6. The molecule has 0 radical (unpaired) electrons. The molecule has 2 aromatic carbocycles. The van der Waals surface area contributed by atoms with E-state index in [4.69, 9.17) is 0 Å². The molecule has 6 rings (SSSR count). The molecule has 4 saturated carbocycles. The highest BCUT2D eigenvalue weighted by molar-refractivity contribution is 7.92.